The molecule has 1 aromatic rings. The van der Waals surface area contributed by atoms with E-state index in [-0.39, 0.29) is 12.1 Å². The van der Waals surface area contributed by atoms with Crippen molar-refractivity contribution in [2.45, 2.75) is 45.4 Å². The van der Waals surface area contributed by atoms with Crippen molar-refractivity contribution in [3.8, 4) is 0 Å². The highest BCUT2D eigenvalue weighted by atomic mass is 16.2. The summed E-state index contributed by atoms with van der Waals surface area (Å²) in [6.07, 6.45) is 2.65. The van der Waals surface area contributed by atoms with Crippen LogP contribution in [0.1, 0.15) is 26.1 Å². The topological polar surface area (TPSA) is 66.3 Å². The predicted molar refractivity (Wildman–Crippen MR) is 78.6 cm³/mol. The summed E-state index contributed by atoms with van der Waals surface area (Å²) >= 11 is 0. The maximum Gasteiger partial charge on any atom is 0.317 e. The van der Waals surface area contributed by atoms with Crippen LogP contribution in [0, 0.1) is 5.92 Å². The molecule has 0 saturated carbocycles. The minimum absolute atomic E-state index is 0.0508. The average molecular weight is 292 g/mol. The summed E-state index contributed by atoms with van der Waals surface area (Å²) in [5, 5.41) is 7.38. The van der Waals surface area contributed by atoms with Crippen molar-refractivity contribution in [1.82, 2.24) is 29.9 Å². The Hall–Kier alpha value is -1.63. The van der Waals surface area contributed by atoms with Crippen molar-refractivity contribution < 1.29 is 4.79 Å². The molecule has 2 aliphatic rings. The highest BCUT2D eigenvalue weighted by Gasteiger charge is 2.40. The van der Waals surface area contributed by atoms with Gasteiger partial charge in [-0.3, -0.25) is 4.90 Å². The number of nitrogens with one attached hydrogen (secondary N) is 1. The third kappa shape index (κ3) is 2.88. The fourth-order valence-corrected chi connectivity index (χ4v) is 3.28. The molecule has 0 aliphatic carbocycles. The first-order valence-corrected chi connectivity index (χ1v) is 7.67. The van der Waals surface area contributed by atoms with Gasteiger partial charge in [0, 0.05) is 26.7 Å². The number of likely N-dealkylation sites (N-methyl/N-ethyl adjacent to an activating group) is 1. The van der Waals surface area contributed by atoms with Gasteiger partial charge >= 0.3 is 6.03 Å². The van der Waals surface area contributed by atoms with Crippen molar-refractivity contribution in [3.63, 3.8) is 0 Å². The first kappa shape index (κ1) is 14.3. The lowest BCUT2D eigenvalue weighted by Gasteiger charge is -2.35. The predicted octanol–water partition coefficient (Wildman–Crippen LogP) is 0.532. The summed E-state index contributed by atoms with van der Waals surface area (Å²) in [5.41, 5.74) is 0. The Morgan fingerprint density at radius 3 is 3.05 bits per heavy atom. The molecule has 1 aromatic heterocycles. The molecular weight excluding hydrogens is 268 g/mol. The van der Waals surface area contributed by atoms with E-state index in [1.54, 1.807) is 6.33 Å². The van der Waals surface area contributed by atoms with E-state index in [9.17, 15) is 4.79 Å². The van der Waals surface area contributed by atoms with E-state index in [0.717, 1.165) is 38.4 Å². The molecule has 0 radical (unpaired) electrons. The Labute approximate surface area is 125 Å². The van der Waals surface area contributed by atoms with Crippen LogP contribution in [0.4, 0.5) is 4.79 Å². The molecule has 116 valence electrons. The number of nitrogens with zero attached hydrogens (tertiary/aromatic N) is 5. The van der Waals surface area contributed by atoms with Gasteiger partial charge in [0.25, 0.3) is 0 Å². The van der Waals surface area contributed by atoms with E-state index in [4.69, 9.17) is 0 Å². The first-order chi connectivity index (χ1) is 10.0. The highest BCUT2D eigenvalue weighted by Crippen LogP contribution is 2.22. The molecule has 0 spiro atoms. The van der Waals surface area contributed by atoms with Crippen molar-refractivity contribution in [3.05, 3.63) is 12.2 Å². The second-order valence-electron chi connectivity index (χ2n) is 6.51. The summed E-state index contributed by atoms with van der Waals surface area (Å²) in [4.78, 5) is 20.3. The third-order valence-electron chi connectivity index (χ3n) is 4.39. The number of urea groups is 1. The number of amides is 2. The molecule has 2 aliphatic heterocycles. The SMILES string of the molecule is CC(C)Cn1ncnc1CN1CC[C@H]2[C@@H](C1)NC(=O)N2C. The largest absolute Gasteiger partial charge is 0.332 e. The summed E-state index contributed by atoms with van der Waals surface area (Å²) < 4.78 is 2.00. The minimum Gasteiger partial charge on any atom is -0.332 e. The number of carbonyl (C=O) groups is 1. The van der Waals surface area contributed by atoms with Crippen molar-refractivity contribution in [1.29, 1.82) is 0 Å². The van der Waals surface area contributed by atoms with Gasteiger partial charge in [0.05, 0.1) is 18.6 Å². The Bertz CT molecular complexity index is 513. The zero-order valence-corrected chi connectivity index (χ0v) is 13.0. The lowest BCUT2D eigenvalue weighted by molar-refractivity contribution is 0.143. The van der Waals surface area contributed by atoms with Gasteiger partial charge in [-0.25, -0.2) is 14.5 Å². The Balaban J connectivity index is 1.62. The number of carbonyl (C=O) groups excluding carboxylic acids is 1. The molecule has 2 saturated heterocycles. The smallest absolute Gasteiger partial charge is 0.317 e. The minimum atomic E-state index is 0.0508. The van der Waals surface area contributed by atoms with Gasteiger partial charge in [-0.2, -0.15) is 5.10 Å². The van der Waals surface area contributed by atoms with E-state index < -0.39 is 0 Å². The lowest BCUT2D eigenvalue weighted by Crippen LogP contribution is -2.50. The molecule has 21 heavy (non-hydrogen) atoms. The maximum atomic E-state index is 11.7. The average Bonchev–Trinajstić information content (AvgIpc) is 2.95. The number of piperidine rings is 1. The third-order valence-corrected chi connectivity index (χ3v) is 4.39. The molecule has 2 amide bonds. The van der Waals surface area contributed by atoms with Gasteiger partial charge in [-0.15, -0.1) is 0 Å². The number of hydrogen-bond acceptors (Lipinski definition) is 4. The lowest BCUT2D eigenvalue weighted by atomic mass is 10.0. The van der Waals surface area contributed by atoms with Crippen LogP contribution in [0.3, 0.4) is 0 Å². The van der Waals surface area contributed by atoms with Crippen LogP contribution < -0.4 is 5.32 Å². The van der Waals surface area contributed by atoms with Crippen LogP contribution in [0.25, 0.3) is 0 Å². The zero-order chi connectivity index (χ0) is 15.0. The summed E-state index contributed by atoms with van der Waals surface area (Å²) in [6.45, 7) is 7.94. The number of likely N-dealkylation sites (tertiary alicyclic amines) is 1. The van der Waals surface area contributed by atoms with Crippen molar-refractivity contribution >= 4 is 6.03 Å². The summed E-state index contributed by atoms with van der Waals surface area (Å²) in [5.74, 6) is 1.57. The number of fused-ring (bicyclic) bond motifs is 1. The van der Waals surface area contributed by atoms with Crippen LogP contribution in [-0.2, 0) is 13.1 Å². The second kappa shape index (κ2) is 5.63. The molecular formula is C14H24N6O. The Morgan fingerprint density at radius 1 is 1.48 bits per heavy atom. The van der Waals surface area contributed by atoms with Gasteiger partial charge in [0.15, 0.2) is 0 Å². The van der Waals surface area contributed by atoms with E-state index in [2.05, 4.69) is 34.1 Å². The highest BCUT2D eigenvalue weighted by molar-refractivity contribution is 5.77. The fourth-order valence-electron chi connectivity index (χ4n) is 3.28. The molecule has 0 aromatic carbocycles. The standard InChI is InChI=1S/C14H24N6O/c1-10(2)6-20-13(15-9-16-20)8-19-5-4-12-11(7-19)17-14(21)18(12)3/h9-12H,4-8H2,1-3H3,(H,17,21)/t11-,12+/m1/s1. The van der Waals surface area contributed by atoms with E-state index in [1.165, 1.54) is 0 Å². The summed E-state index contributed by atoms with van der Waals surface area (Å²) in [6, 6.07) is 0.620. The number of hydrogen-bond donors (Lipinski definition) is 1. The molecule has 2 atom stereocenters. The van der Waals surface area contributed by atoms with Crippen molar-refractivity contribution in [2.75, 3.05) is 20.1 Å². The number of aromatic nitrogens is 3. The molecule has 3 rings (SSSR count). The van der Waals surface area contributed by atoms with E-state index in [0.29, 0.717) is 12.0 Å². The Kier molecular flexibility index (Phi) is 3.84. The van der Waals surface area contributed by atoms with Gasteiger partial charge in [-0.05, 0) is 12.3 Å². The molecule has 3 heterocycles. The van der Waals surface area contributed by atoms with Gasteiger partial charge < -0.3 is 10.2 Å². The summed E-state index contributed by atoms with van der Waals surface area (Å²) in [7, 11) is 1.88. The molecule has 2 fully saturated rings. The molecule has 0 unspecified atom stereocenters. The van der Waals surface area contributed by atoms with Crippen LogP contribution >= 0.6 is 0 Å². The maximum absolute atomic E-state index is 11.7. The molecule has 7 heteroatoms. The van der Waals surface area contributed by atoms with Crippen LogP contribution in [0.5, 0.6) is 0 Å². The van der Waals surface area contributed by atoms with Gasteiger partial charge in [0.2, 0.25) is 0 Å². The molecule has 0 bridgehead atoms. The second-order valence-corrected chi connectivity index (χ2v) is 6.51. The monoisotopic (exact) mass is 292 g/mol. The van der Waals surface area contributed by atoms with Gasteiger partial charge in [0.1, 0.15) is 12.2 Å². The van der Waals surface area contributed by atoms with Gasteiger partial charge in [-0.1, -0.05) is 13.8 Å². The number of rotatable bonds is 4. The van der Waals surface area contributed by atoms with E-state index in [1.807, 2.05) is 16.6 Å². The zero-order valence-electron chi connectivity index (χ0n) is 13.0. The molecule has 7 nitrogen and oxygen atoms in total. The van der Waals surface area contributed by atoms with Crippen molar-refractivity contribution in [2.24, 2.45) is 5.92 Å². The quantitative estimate of drug-likeness (QED) is 0.879. The first-order valence-electron chi connectivity index (χ1n) is 7.67. The van der Waals surface area contributed by atoms with Crippen LogP contribution in [0.2, 0.25) is 0 Å². The van der Waals surface area contributed by atoms with Crippen LogP contribution in [-0.4, -0.2) is 62.8 Å². The fraction of sp³-hybridized carbons (Fsp3) is 0.786. The van der Waals surface area contributed by atoms with Crippen LogP contribution in [0.15, 0.2) is 6.33 Å². The normalized spacial score (nSPS) is 26.3. The Morgan fingerprint density at radius 2 is 2.29 bits per heavy atom. The van der Waals surface area contributed by atoms with E-state index >= 15 is 0 Å². The molecule has 1 N–H and O–H groups in total.